The van der Waals surface area contributed by atoms with E-state index in [0.29, 0.717) is 5.69 Å². The standard InChI is InChI=1S/C17H18N4O/c22-17(16-14-10-4-5-11-15(14)19-20-16)21-18-12-6-9-13-7-2-1-3-8-13/h1-3,6-9,12H,4-5,10-11H2,(H,19,20)(H,21,22)/b9-6+,18-12+. The van der Waals surface area contributed by atoms with Gasteiger partial charge in [-0.15, -0.1) is 0 Å². The van der Waals surface area contributed by atoms with E-state index in [9.17, 15) is 4.79 Å². The summed E-state index contributed by atoms with van der Waals surface area (Å²) < 4.78 is 0. The molecule has 2 aromatic rings. The number of allylic oxidation sites excluding steroid dienone is 1. The molecule has 2 N–H and O–H groups in total. The highest BCUT2D eigenvalue weighted by molar-refractivity contribution is 5.94. The summed E-state index contributed by atoms with van der Waals surface area (Å²) in [6.07, 6.45) is 9.41. The molecule has 0 radical (unpaired) electrons. The molecule has 0 spiro atoms. The summed E-state index contributed by atoms with van der Waals surface area (Å²) in [5.41, 5.74) is 6.20. The van der Waals surface area contributed by atoms with E-state index in [-0.39, 0.29) is 5.91 Å². The van der Waals surface area contributed by atoms with Crippen LogP contribution in [0.3, 0.4) is 0 Å². The highest BCUT2D eigenvalue weighted by Crippen LogP contribution is 2.21. The maximum atomic E-state index is 12.1. The number of H-pyrrole nitrogens is 1. The molecule has 0 bridgehead atoms. The Morgan fingerprint density at radius 2 is 2.05 bits per heavy atom. The summed E-state index contributed by atoms with van der Waals surface area (Å²) in [5, 5.41) is 11.0. The molecule has 1 aromatic carbocycles. The number of rotatable bonds is 4. The first-order valence-corrected chi connectivity index (χ1v) is 7.46. The third-order valence-corrected chi connectivity index (χ3v) is 3.69. The van der Waals surface area contributed by atoms with Crippen molar-refractivity contribution in [1.82, 2.24) is 15.6 Å². The highest BCUT2D eigenvalue weighted by Gasteiger charge is 2.21. The van der Waals surface area contributed by atoms with Crippen LogP contribution in [0.1, 0.15) is 40.2 Å². The van der Waals surface area contributed by atoms with Gasteiger partial charge in [0.25, 0.3) is 5.91 Å². The molecule has 0 aliphatic heterocycles. The van der Waals surface area contributed by atoms with Crippen molar-refractivity contribution < 1.29 is 4.79 Å². The minimum absolute atomic E-state index is 0.260. The molecule has 0 atom stereocenters. The molecule has 5 nitrogen and oxygen atoms in total. The topological polar surface area (TPSA) is 70.1 Å². The van der Waals surface area contributed by atoms with Crippen molar-refractivity contribution in [3.63, 3.8) is 0 Å². The van der Waals surface area contributed by atoms with Crippen molar-refractivity contribution >= 4 is 18.2 Å². The van der Waals surface area contributed by atoms with Crippen LogP contribution in [0.4, 0.5) is 0 Å². The predicted molar refractivity (Wildman–Crippen MR) is 86.7 cm³/mol. The lowest BCUT2D eigenvalue weighted by Gasteiger charge is -2.10. The fraction of sp³-hybridized carbons (Fsp3) is 0.235. The second-order valence-electron chi connectivity index (χ2n) is 5.23. The Labute approximate surface area is 129 Å². The van der Waals surface area contributed by atoms with Crippen LogP contribution in [-0.2, 0) is 12.8 Å². The summed E-state index contributed by atoms with van der Waals surface area (Å²) in [4.78, 5) is 12.1. The molecule has 1 heterocycles. The van der Waals surface area contributed by atoms with Gasteiger partial charge in [-0.2, -0.15) is 10.2 Å². The summed E-state index contributed by atoms with van der Waals surface area (Å²) in [5.74, 6) is -0.260. The molecule has 1 aromatic heterocycles. The molecule has 112 valence electrons. The lowest BCUT2D eigenvalue weighted by Crippen LogP contribution is -2.20. The van der Waals surface area contributed by atoms with E-state index >= 15 is 0 Å². The Bertz CT molecular complexity index is 701. The van der Waals surface area contributed by atoms with Crippen molar-refractivity contribution in [3.05, 3.63) is 58.9 Å². The molecule has 1 amide bonds. The third-order valence-electron chi connectivity index (χ3n) is 3.69. The second kappa shape index (κ2) is 6.85. The zero-order valence-electron chi connectivity index (χ0n) is 12.2. The Morgan fingerprint density at radius 1 is 1.23 bits per heavy atom. The molecule has 0 fully saturated rings. The van der Waals surface area contributed by atoms with Gasteiger partial charge in [-0.05, 0) is 37.3 Å². The number of aromatic nitrogens is 2. The fourth-order valence-electron chi connectivity index (χ4n) is 2.58. The van der Waals surface area contributed by atoms with Crippen LogP contribution in [0.5, 0.6) is 0 Å². The first-order chi connectivity index (χ1) is 10.8. The number of aromatic amines is 1. The Balaban J connectivity index is 1.57. The molecular formula is C17H18N4O. The quantitative estimate of drug-likeness (QED) is 0.672. The molecule has 1 aliphatic rings. The number of hydrogen-bond acceptors (Lipinski definition) is 3. The minimum Gasteiger partial charge on any atom is -0.281 e. The largest absolute Gasteiger partial charge is 0.292 e. The van der Waals surface area contributed by atoms with E-state index in [4.69, 9.17) is 0 Å². The Kier molecular flexibility index (Phi) is 4.44. The van der Waals surface area contributed by atoms with Gasteiger partial charge in [-0.25, -0.2) is 5.43 Å². The van der Waals surface area contributed by atoms with Crippen molar-refractivity contribution in [2.45, 2.75) is 25.7 Å². The summed E-state index contributed by atoms with van der Waals surface area (Å²) >= 11 is 0. The molecular weight excluding hydrogens is 276 g/mol. The number of nitrogens with zero attached hydrogens (tertiary/aromatic N) is 2. The summed E-state index contributed by atoms with van der Waals surface area (Å²) in [7, 11) is 0. The predicted octanol–water partition coefficient (Wildman–Crippen LogP) is 2.72. The molecule has 0 unspecified atom stereocenters. The lowest BCUT2D eigenvalue weighted by molar-refractivity contribution is 0.0949. The van der Waals surface area contributed by atoms with Crippen LogP contribution in [0, 0.1) is 0 Å². The zero-order valence-corrected chi connectivity index (χ0v) is 12.2. The van der Waals surface area contributed by atoms with Crippen LogP contribution in [0.15, 0.2) is 41.5 Å². The number of hydrogen-bond donors (Lipinski definition) is 2. The van der Waals surface area contributed by atoms with E-state index in [0.717, 1.165) is 42.5 Å². The smallest absolute Gasteiger partial charge is 0.281 e. The van der Waals surface area contributed by atoms with Gasteiger partial charge in [-0.1, -0.05) is 36.4 Å². The van der Waals surface area contributed by atoms with Gasteiger partial charge < -0.3 is 0 Å². The van der Waals surface area contributed by atoms with Crippen LogP contribution >= 0.6 is 0 Å². The van der Waals surface area contributed by atoms with Crippen molar-refractivity contribution in [1.29, 1.82) is 0 Å². The average molecular weight is 294 g/mol. The number of carbonyl (C=O) groups is 1. The highest BCUT2D eigenvalue weighted by atomic mass is 16.2. The SMILES string of the molecule is O=C(N/N=C/C=C/c1ccccc1)c1n[nH]c2c1CCCC2. The minimum atomic E-state index is -0.260. The normalized spacial score (nSPS) is 14.4. The molecule has 5 heteroatoms. The zero-order chi connectivity index (χ0) is 15.2. The van der Waals surface area contributed by atoms with E-state index in [1.54, 1.807) is 12.3 Å². The number of aryl methyl sites for hydroxylation is 1. The average Bonchev–Trinajstić information content (AvgIpc) is 2.99. The van der Waals surface area contributed by atoms with Gasteiger partial charge in [0.15, 0.2) is 5.69 Å². The van der Waals surface area contributed by atoms with Crippen LogP contribution in [0.2, 0.25) is 0 Å². The first-order valence-electron chi connectivity index (χ1n) is 7.46. The van der Waals surface area contributed by atoms with E-state index < -0.39 is 0 Å². The fourth-order valence-corrected chi connectivity index (χ4v) is 2.58. The Hall–Kier alpha value is -2.69. The number of carbonyl (C=O) groups excluding carboxylic acids is 1. The maximum Gasteiger partial charge on any atom is 0.292 e. The van der Waals surface area contributed by atoms with Crippen molar-refractivity contribution in [2.24, 2.45) is 5.10 Å². The molecule has 22 heavy (non-hydrogen) atoms. The summed E-state index contributed by atoms with van der Waals surface area (Å²) in [6, 6.07) is 9.91. The molecule has 1 aliphatic carbocycles. The van der Waals surface area contributed by atoms with E-state index in [1.165, 1.54) is 0 Å². The molecule has 0 saturated heterocycles. The van der Waals surface area contributed by atoms with Crippen LogP contribution < -0.4 is 5.43 Å². The monoisotopic (exact) mass is 294 g/mol. The van der Waals surface area contributed by atoms with Gasteiger partial charge in [0.2, 0.25) is 0 Å². The summed E-state index contributed by atoms with van der Waals surface area (Å²) in [6.45, 7) is 0. The van der Waals surface area contributed by atoms with Crippen LogP contribution in [-0.4, -0.2) is 22.3 Å². The van der Waals surface area contributed by atoms with Crippen molar-refractivity contribution in [2.75, 3.05) is 0 Å². The van der Waals surface area contributed by atoms with Gasteiger partial charge in [0, 0.05) is 17.5 Å². The van der Waals surface area contributed by atoms with Crippen LogP contribution in [0.25, 0.3) is 6.08 Å². The van der Waals surface area contributed by atoms with E-state index in [2.05, 4.69) is 20.7 Å². The maximum absolute atomic E-state index is 12.1. The number of benzene rings is 1. The van der Waals surface area contributed by atoms with E-state index in [1.807, 2.05) is 36.4 Å². The first kappa shape index (κ1) is 14.3. The number of fused-ring (bicyclic) bond motifs is 1. The van der Waals surface area contributed by atoms with Gasteiger partial charge in [0.05, 0.1) is 0 Å². The lowest BCUT2D eigenvalue weighted by atomic mass is 9.96. The van der Waals surface area contributed by atoms with Gasteiger partial charge in [0.1, 0.15) is 0 Å². The molecule has 0 saturated carbocycles. The Morgan fingerprint density at radius 3 is 2.91 bits per heavy atom. The second-order valence-corrected chi connectivity index (χ2v) is 5.23. The number of amides is 1. The number of nitrogens with one attached hydrogen (secondary N) is 2. The van der Waals surface area contributed by atoms with Gasteiger partial charge in [-0.3, -0.25) is 9.89 Å². The number of hydrazone groups is 1. The van der Waals surface area contributed by atoms with Crippen molar-refractivity contribution in [3.8, 4) is 0 Å². The third kappa shape index (κ3) is 3.31. The molecule has 3 rings (SSSR count). The van der Waals surface area contributed by atoms with Gasteiger partial charge >= 0.3 is 0 Å².